The Bertz CT molecular complexity index is 1040. The number of hydrogen-bond acceptors (Lipinski definition) is 4. The van der Waals surface area contributed by atoms with Crippen LogP contribution >= 0.6 is 0 Å². The van der Waals surface area contributed by atoms with E-state index in [0.717, 1.165) is 41.3 Å². The monoisotopic (exact) mass is 389 g/mol. The Labute approximate surface area is 169 Å². The van der Waals surface area contributed by atoms with Crippen molar-refractivity contribution in [2.24, 2.45) is 0 Å². The van der Waals surface area contributed by atoms with Gasteiger partial charge in [-0.3, -0.25) is 4.98 Å². The SMILES string of the molecule is O=C(Nc1cncc2ccccc12)NC1CC2(CCOCC2)Oc2ccccc21. The average Bonchev–Trinajstić information content (AvgIpc) is 2.74. The number of amides is 2. The molecule has 6 heteroatoms. The minimum absolute atomic E-state index is 0.124. The number of para-hydroxylation sites is 1. The molecular formula is C23H23N3O3. The van der Waals surface area contributed by atoms with Gasteiger partial charge in [0, 0.05) is 41.8 Å². The van der Waals surface area contributed by atoms with Crippen LogP contribution in [0.5, 0.6) is 5.75 Å². The predicted octanol–water partition coefficient (Wildman–Crippen LogP) is 4.43. The van der Waals surface area contributed by atoms with Crippen molar-refractivity contribution in [2.45, 2.75) is 30.9 Å². The molecule has 2 amide bonds. The first-order chi connectivity index (χ1) is 14.2. The van der Waals surface area contributed by atoms with E-state index in [1.54, 1.807) is 12.4 Å². The minimum Gasteiger partial charge on any atom is -0.487 e. The third kappa shape index (κ3) is 3.51. The second kappa shape index (κ2) is 7.37. The minimum atomic E-state index is -0.286. The Hall–Kier alpha value is -3.12. The molecule has 1 spiro atoms. The molecule has 3 aromatic rings. The first-order valence-corrected chi connectivity index (χ1v) is 9.98. The molecule has 6 nitrogen and oxygen atoms in total. The van der Waals surface area contributed by atoms with Gasteiger partial charge in [-0.25, -0.2) is 4.79 Å². The molecule has 2 aromatic carbocycles. The van der Waals surface area contributed by atoms with Crippen molar-refractivity contribution < 1.29 is 14.3 Å². The Morgan fingerprint density at radius 1 is 1.03 bits per heavy atom. The summed E-state index contributed by atoms with van der Waals surface area (Å²) in [6, 6.07) is 15.4. The molecule has 3 heterocycles. The third-order valence-corrected chi connectivity index (χ3v) is 5.82. The fourth-order valence-electron chi connectivity index (χ4n) is 4.33. The van der Waals surface area contributed by atoms with E-state index in [-0.39, 0.29) is 17.7 Å². The zero-order chi connectivity index (χ0) is 19.7. The number of carbonyl (C=O) groups is 1. The van der Waals surface area contributed by atoms with Crippen molar-refractivity contribution in [3.8, 4) is 5.75 Å². The van der Waals surface area contributed by atoms with E-state index in [1.165, 1.54) is 0 Å². The number of ether oxygens (including phenoxy) is 2. The molecule has 0 saturated carbocycles. The maximum atomic E-state index is 12.9. The maximum Gasteiger partial charge on any atom is 0.319 e. The average molecular weight is 389 g/mol. The molecule has 2 aliphatic rings. The lowest BCUT2D eigenvalue weighted by atomic mass is 9.82. The van der Waals surface area contributed by atoms with Gasteiger partial charge in [0.2, 0.25) is 0 Å². The van der Waals surface area contributed by atoms with Crippen LogP contribution < -0.4 is 15.4 Å². The summed E-state index contributed by atoms with van der Waals surface area (Å²) in [6.45, 7) is 1.37. The molecule has 29 heavy (non-hydrogen) atoms. The van der Waals surface area contributed by atoms with Crippen LogP contribution in [0, 0.1) is 0 Å². The second-order valence-electron chi connectivity index (χ2n) is 7.70. The number of fused-ring (bicyclic) bond motifs is 2. The van der Waals surface area contributed by atoms with E-state index in [9.17, 15) is 4.79 Å². The Morgan fingerprint density at radius 3 is 2.72 bits per heavy atom. The number of aromatic nitrogens is 1. The molecule has 1 saturated heterocycles. The lowest BCUT2D eigenvalue weighted by Gasteiger charge is -2.44. The lowest BCUT2D eigenvalue weighted by molar-refractivity contribution is -0.0636. The quantitative estimate of drug-likeness (QED) is 0.680. The van der Waals surface area contributed by atoms with Crippen molar-refractivity contribution in [1.82, 2.24) is 10.3 Å². The zero-order valence-electron chi connectivity index (χ0n) is 16.1. The molecule has 2 aliphatic heterocycles. The standard InChI is InChI=1S/C23H23N3O3/c27-22(26-20-15-24-14-16-5-1-2-6-17(16)20)25-19-13-23(9-11-28-12-10-23)29-21-8-4-3-7-18(19)21/h1-8,14-15,19H,9-13H2,(H2,25,26,27). The fourth-order valence-corrected chi connectivity index (χ4v) is 4.33. The van der Waals surface area contributed by atoms with Crippen LogP contribution in [0.25, 0.3) is 10.8 Å². The van der Waals surface area contributed by atoms with Gasteiger partial charge in [0.1, 0.15) is 11.4 Å². The van der Waals surface area contributed by atoms with Gasteiger partial charge in [0.15, 0.2) is 0 Å². The van der Waals surface area contributed by atoms with E-state index in [0.29, 0.717) is 18.9 Å². The van der Waals surface area contributed by atoms with Gasteiger partial charge in [0.25, 0.3) is 0 Å². The number of hydrogen-bond donors (Lipinski definition) is 2. The van der Waals surface area contributed by atoms with E-state index in [4.69, 9.17) is 9.47 Å². The Balaban J connectivity index is 1.39. The fraction of sp³-hybridized carbons (Fsp3) is 0.304. The summed E-state index contributed by atoms with van der Waals surface area (Å²) in [6.07, 6.45) is 5.86. The van der Waals surface area contributed by atoms with Crippen molar-refractivity contribution in [3.63, 3.8) is 0 Å². The first kappa shape index (κ1) is 17.9. The van der Waals surface area contributed by atoms with Crippen molar-refractivity contribution in [3.05, 3.63) is 66.5 Å². The zero-order valence-corrected chi connectivity index (χ0v) is 16.1. The number of rotatable bonds is 2. The molecule has 1 atom stereocenters. The number of nitrogens with one attached hydrogen (secondary N) is 2. The van der Waals surface area contributed by atoms with Crippen LogP contribution in [-0.4, -0.2) is 29.8 Å². The summed E-state index contributed by atoms with van der Waals surface area (Å²) in [5, 5.41) is 8.09. The number of nitrogens with zero attached hydrogens (tertiary/aromatic N) is 1. The second-order valence-corrected chi connectivity index (χ2v) is 7.70. The summed E-state index contributed by atoms with van der Waals surface area (Å²) >= 11 is 0. The van der Waals surface area contributed by atoms with Gasteiger partial charge in [-0.2, -0.15) is 0 Å². The number of benzene rings is 2. The molecule has 0 aliphatic carbocycles. The third-order valence-electron chi connectivity index (χ3n) is 5.82. The van der Waals surface area contributed by atoms with Gasteiger partial charge >= 0.3 is 6.03 Å². The summed E-state index contributed by atoms with van der Waals surface area (Å²) in [4.78, 5) is 17.1. The number of urea groups is 1. The largest absolute Gasteiger partial charge is 0.487 e. The van der Waals surface area contributed by atoms with Gasteiger partial charge in [0.05, 0.1) is 31.1 Å². The highest BCUT2D eigenvalue weighted by Gasteiger charge is 2.42. The van der Waals surface area contributed by atoms with Gasteiger partial charge in [-0.05, 0) is 6.07 Å². The molecule has 2 N–H and O–H groups in total. The van der Waals surface area contributed by atoms with E-state index >= 15 is 0 Å². The molecule has 0 bridgehead atoms. The lowest BCUT2D eigenvalue weighted by Crippen LogP contribution is -2.49. The topological polar surface area (TPSA) is 72.5 Å². The van der Waals surface area contributed by atoms with Crippen LogP contribution in [0.2, 0.25) is 0 Å². The van der Waals surface area contributed by atoms with Gasteiger partial charge in [-0.15, -0.1) is 0 Å². The van der Waals surface area contributed by atoms with Gasteiger partial charge in [-0.1, -0.05) is 42.5 Å². The maximum absolute atomic E-state index is 12.9. The highest BCUT2D eigenvalue weighted by molar-refractivity contribution is 6.01. The molecule has 5 rings (SSSR count). The molecule has 0 radical (unpaired) electrons. The van der Waals surface area contributed by atoms with Crippen LogP contribution in [0.1, 0.15) is 30.9 Å². The predicted molar refractivity (Wildman–Crippen MR) is 111 cm³/mol. The summed E-state index contributed by atoms with van der Waals surface area (Å²) < 4.78 is 11.9. The highest BCUT2D eigenvalue weighted by atomic mass is 16.5. The molecule has 1 aromatic heterocycles. The van der Waals surface area contributed by atoms with Gasteiger partial charge < -0.3 is 20.1 Å². The molecule has 1 fully saturated rings. The van der Waals surface area contributed by atoms with E-state index < -0.39 is 0 Å². The van der Waals surface area contributed by atoms with Crippen molar-refractivity contribution in [2.75, 3.05) is 18.5 Å². The van der Waals surface area contributed by atoms with Crippen molar-refractivity contribution in [1.29, 1.82) is 0 Å². The number of anilines is 1. The highest BCUT2D eigenvalue weighted by Crippen LogP contribution is 2.43. The summed E-state index contributed by atoms with van der Waals surface area (Å²) in [5.74, 6) is 0.845. The number of pyridine rings is 1. The first-order valence-electron chi connectivity index (χ1n) is 9.98. The molecular weight excluding hydrogens is 366 g/mol. The van der Waals surface area contributed by atoms with E-state index in [2.05, 4.69) is 15.6 Å². The van der Waals surface area contributed by atoms with Crippen LogP contribution in [-0.2, 0) is 4.74 Å². The smallest absolute Gasteiger partial charge is 0.319 e. The van der Waals surface area contributed by atoms with E-state index in [1.807, 2.05) is 48.5 Å². The molecule has 1 unspecified atom stereocenters. The number of carbonyl (C=O) groups excluding carboxylic acids is 1. The van der Waals surface area contributed by atoms with Crippen molar-refractivity contribution >= 4 is 22.5 Å². The Morgan fingerprint density at radius 2 is 1.83 bits per heavy atom. The van der Waals surface area contributed by atoms with Crippen LogP contribution in [0.15, 0.2) is 60.9 Å². The van der Waals surface area contributed by atoms with Crippen LogP contribution in [0.3, 0.4) is 0 Å². The molecule has 148 valence electrons. The normalized spacial score (nSPS) is 19.9. The Kier molecular flexibility index (Phi) is 4.56. The van der Waals surface area contributed by atoms with Crippen LogP contribution in [0.4, 0.5) is 10.5 Å². The summed E-state index contributed by atoms with van der Waals surface area (Å²) in [5.41, 5.74) is 1.42. The summed E-state index contributed by atoms with van der Waals surface area (Å²) in [7, 11) is 0.